The summed E-state index contributed by atoms with van der Waals surface area (Å²) in [4.78, 5) is 11.9. The minimum atomic E-state index is -0.491. The topological polar surface area (TPSA) is 55.1 Å². The molecule has 0 unspecified atom stereocenters. The number of nitrogens with two attached hydrogens (primary N) is 1. The molecule has 3 N–H and O–H groups in total. The normalized spacial score (nSPS) is 9.75. The van der Waals surface area contributed by atoms with Crippen LogP contribution in [-0.4, -0.2) is 12.5 Å². The van der Waals surface area contributed by atoms with Crippen molar-refractivity contribution >= 4 is 38.9 Å². The zero-order valence-electron chi connectivity index (χ0n) is 10.2. The average Bonchev–Trinajstić information content (AvgIpc) is 2.85. The molecule has 0 radical (unpaired) electrons. The van der Waals surface area contributed by atoms with Gasteiger partial charge in [-0.05, 0) is 40.2 Å². The van der Waals surface area contributed by atoms with Gasteiger partial charge in [0.1, 0.15) is 5.82 Å². The summed E-state index contributed by atoms with van der Waals surface area (Å²) in [6, 6.07) is 6.05. The van der Waals surface area contributed by atoms with Crippen molar-refractivity contribution in [3.05, 3.63) is 50.4 Å². The molecule has 0 spiro atoms. The largest absolute Gasteiger partial charge is 0.322 e. The van der Waals surface area contributed by atoms with Crippen LogP contribution in [0, 0.1) is 17.7 Å². The van der Waals surface area contributed by atoms with Crippen molar-refractivity contribution in [1.29, 1.82) is 0 Å². The fourth-order valence-electron chi connectivity index (χ4n) is 1.47. The number of halogens is 2. The van der Waals surface area contributed by atoms with Gasteiger partial charge in [0.2, 0.25) is 0 Å². The molecule has 1 aromatic carbocycles. The predicted molar refractivity (Wildman–Crippen MR) is 82.3 cm³/mol. The van der Waals surface area contributed by atoms with Crippen molar-refractivity contribution in [2.24, 2.45) is 5.73 Å². The number of benzene rings is 1. The lowest BCUT2D eigenvalue weighted by Gasteiger charge is -2.04. The number of hydrogen-bond acceptors (Lipinski definition) is 3. The Kier molecular flexibility index (Phi) is 4.90. The molecule has 0 aliphatic rings. The summed E-state index contributed by atoms with van der Waals surface area (Å²) in [7, 11) is 0. The molecule has 1 amide bonds. The predicted octanol–water partition coefficient (Wildman–Crippen LogP) is 3.21. The van der Waals surface area contributed by atoms with Gasteiger partial charge in [0, 0.05) is 11.1 Å². The second-order valence-corrected chi connectivity index (χ2v) is 6.08. The number of carbonyl (C=O) groups excluding carboxylic acids is 1. The first kappa shape index (κ1) is 14.7. The molecule has 6 heteroatoms. The summed E-state index contributed by atoms with van der Waals surface area (Å²) in [5.41, 5.74) is 6.39. The minimum Gasteiger partial charge on any atom is -0.322 e. The summed E-state index contributed by atoms with van der Waals surface area (Å²) in [6.07, 6.45) is 0. The van der Waals surface area contributed by atoms with Crippen molar-refractivity contribution in [3.8, 4) is 11.8 Å². The fraction of sp³-hybridized carbons (Fsp3) is 0.0714. The van der Waals surface area contributed by atoms with Crippen LogP contribution in [0.2, 0.25) is 0 Å². The van der Waals surface area contributed by atoms with Gasteiger partial charge in [-0.3, -0.25) is 4.79 Å². The molecule has 20 heavy (non-hydrogen) atoms. The van der Waals surface area contributed by atoms with E-state index >= 15 is 0 Å². The summed E-state index contributed by atoms with van der Waals surface area (Å²) < 4.78 is 14.6. The van der Waals surface area contributed by atoms with E-state index in [9.17, 15) is 9.18 Å². The van der Waals surface area contributed by atoms with Gasteiger partial charge in [-0.1, -0.05) is 11.8 Å². The molecule has 1 aromatic heterocycles. The van der Waals surface area contributed by atoms with E-state index < -0.39 is 5.82 Å². The highest BCUT2D eigenvalue weighted by molar-refractivity contribution is 9.11. The SMILES string of the molecule is NCC#Cc1ccc(NC(=O)c2csc(Br)c2)cc1F. The highest BCUT2D eigenvalue weighted by atomic mass is 79.9. The minimum absolute atomic E-state index is 0.172. The van der Waals surface area contributed by atoms with E-state index in [0.717, 1.165) is 3.79 Å². The third-order valence-electron chi connectivity index (χ3n) is 2.38. The van der Waals surface area contributed by atoms with Crippen molar-refractivity contribution in [3.63, 3.8) is 0 Å². The average molecular weight is 353 g/mol. The van der Waals surface area contributed by atoms with Crippen LogP contribution in [0.1, 0.15) is 15.9 Å². The Morgan fingerprint density at radius 1 is 1.45 bits per heavy atom. The van der Waals surface area contributed by atoms with Crippen molar-refractivity contribution in [2.45, 2.75) is 0 Å². The number of anilines is 1. The Bertz CT molecular complexity index is 703. The van der Waals surface area contributed by atoms with Crippen LogP contribution in [0.25, 0.3) is 0 Å². The molecular weight excluding hydrogens is 343 g/mol. The molecule has 0 aliphatic carbocycles. The second kappa shape index (κ2) is 6.66. The third-order valence-corrected chi connectivity index (χ3v) is 3.89. The van der Waals surface area contributed by atoms with E-state index in [4.69, 9.17) is 5.73 Å². The summed E-state index contributed by atoms with van der Waals surface area (Å²) in [5.74, 6) is 4.43. The van der Waals surface area contributed by atoms with Gasteiger partial charge in [0.15, 0.2) is 0 Å². The van der Waals surface area contributed by atoms with Gasteiger partial charge in [0.05, 0.1) is 21.5 Å². The van der Waals surface area contributed by atoms with Gasteiger partial charge in [-0.15, -0.1) is 11.3 Å². The Labute approximate surface area is 128 Å². The van der Waals surface area contributed by atoms with E-state index in [-0.39, 0.29) is 18.0 Å². The van der Waals surface area contributed by atoms with Gasteiger partial charge < -0.3 is 11.1 Å². The van der Waals surface area contributed by atoms with Gasteiger partial charge >= 0.3 is 0 Å². The third kappa shape index (κ3) is 3.67. The van der Waals surface area contributed by atoms with E-state index in [2.05, 4.69) is 33.1 Å². The molecule has 0 saturated heterocycles. The first-order valence-corrected chi connectivity index (χ1v) is 7.31. The van der Waals surface area contributed by atoms with Crippen LogP contribution >= 0.6 is 27.3 Å². The number of rotatable bonds is 2. The van der Waals surface area contributed by atoms with Crippen molar-refractivity contribution < 1.29 is 9.18 Å². The molecule has 0 atom stereocenters. The number of nitrogens with one attached hydrogen (secondary N) is 1. The van der Waals surface area contributed by atoms with E-state index in [0.29, 0.717) is 11.3 Å². The van der Waals surface area contributed by atoms with Gasteiger partial charge in [-0.2, -0.15) is 0 Å². The van der Waals surface area contributed by atoms with Crippen LogP contribution in [0.4, 0.5) is 10.1 Å². The van der Waals surface area contributed by atoms with E-state index in [1.807, 2.05) is 0 Å². The summed E-state index contributed by atoms with van der Waals surface area (Å²) in [6.45, 7) is 0.172. The standard InChI is InChI=1S/C14H10BrFN2OS/c15-13-6-10(8-20-13)14(19)18-11-4-3-9(2-1-5-17)12(16)7-11/h3-4,6-8H,5,17H2,(H,18,19). The van der Waals surface area contributed by atoms with Crippen LogP contribution in [0.5, 0.6) is 0 Å². The Balaban J connectivity index is 2.14. The molecule has 2 aromatic rings. The monoisotopic (exact) mass is 352 g/mol. The van der Waals surface area contributed by atoms with Gasteiger partial charge in [-0.25, -0.2) is 4.39 Å². The Morgan fingerprint density at radius 3 is 2.85 bits per heavy atom. The maximum Gasteiger partial charge on any atom is 0.256 e. The number of hydrogen-bond donors (Lipinski definition) is 2. The van der Waals surface area contributed by atoms with Crippen LogP contribution < -0.4 is 11.1 Å². The lowest BCUT2D eigenvalue weighted by molar-refractivity contribution is 0.102. The molecular formula is C14H10BrFN2OS. The van der Waals surface area contributed by atoms with E-state index in [1.54, 1.807) is 17.5 Å². The number of thiophene rings is 1. The fourth-order valence-corrected chi connectivity index (χ4v) is 2.61. The van der Waals surface area contributed by atoms with Gasteiger partial charge in [0.25, 0.3) is 5.91 Å². The van der Waals surface area contributed by atoms with E-state index in [1.165, 1.54) is 23.5 Å². The first-order valence-electron chi connectivity index (χ1n) is 5.64. The molecule has 3 nitrogen and oxygen atoms in total. The second-order valence-electron chi connectivity index (χ2n) is 3.79. The highest BCUT2D eigenvalue weighted by Crippen LogP contribution is 2.22. The molecule has 0 fully saturated rings. The van der Waals surface area contributed by atoms with Crippen molar-refractivity contribution in [1.82, 2.24) is 0 Å². The maximum atomic E-state index is 13.7. The summed E-state index contributed by atoms with van der Waals surface area (Å²) in [5, 5.41) is 4.35. The zero-order chi connectivity index (χ0) is 14.5. The molecule has 2 rings (SSSR count). The van der Waals surface area contributed by atoms with Crippen LogP contribution in [0.3, 0.4) is 0 Å². The number of carbonyl (C=O) groups is 1. The zero-order valence-corrected chi connectivity index (χ0v) is 12.6. The quantitative estimate of drug-likeness (QED) is 0.815. The molecule has 0 aliphatic heterocycles. The smallest absolute Gasteiger partial charge is 0.256 e. The highest BCUT2D eigenvalue weighted by Gasteiger charge is 2.09. The van der Waals surface area contributed by atoms with Crippen molar-refractivity contribution in [2.75, 3.05) is 11.9 Å². The lowest BCUT2D eigenvalue weighted by Crippen LogP contribution is -2.11. The molecule has 102 valence electrons. The molecule has 1 heterocycles. The Hall–Kier alpha value is -1.68. The Morgan fingerprint density at radius 2 is 2.25 bits per heavy atom. The molecule has 0 bridgehead atoms. The molecule has 0 saturated carbocycles. The van der Waals surface area contributed by atoms with Crippen LogP contribution in [0.15, 0.2) is 33.4 Å². The van der Waals surface area contributed by atoms with Crippen LogP contribution in [-0.2, 0) is 0 Å². The maximum absolute atomic E-state index is 13.7. The number of amides is 1. The lowest BCUT2D eigenvalue weighted by atomic mass is 10.2. The first-order chi connectivity index (χ1) is 9.60. The summed E-state index contributed by atoms with van der Waals surface area (Å²) >= 11 is 4.69.